The highest BCUT2D eigenvalue weighted by Gasteiger charge is 2.11. The van der Waals surface area contributed by atoms with Crippen LogP contribution in [0.1, 0.15) is 11.1 Å². The lowest BCUT2D eigenvalue weighted by atomic mass is 10.1. The van der Waals surface area contributed by atoms with Crippen molar-refractivity contribution in [3.05, 3.63) is 64.7 Å². The predicted octanol–water partition coefficient (Wildman–Crippen LogP) is 4.79. The normalized spacial score (nSPS) is 9.96. The Balaban J connectivity index is 0.00000338. The van der Waals surface area contributed by atoms with E-state index in [-0.39, 0.29) is 12.4 Å². The summed E-state index contributed by atoms with van der Waals surface area (Å²) in [5.41, 5.74) is 2.41. The van der Waals surface area contributed by atoms with Crippen molar-refractivity contribution in [2.24, 2.45) is 0 Å². The Morgan fingerprint density at radius 3 is 2.42 bits per heavy atom. The van der Waals surface area contributed by atoms with Gasteiger partial charge in [-0.2, -0.15) is 0 Å². The smallest absolute Gasteiger partial charge is 0.175 e. The molecule has 0 aliphatic carbocycles. The number of halogens is 2. The van der Waals surface area contributed by atoms with Crippen LogP contribution in [0.15, 0.2) is 53.5 Å². The Labute approximate surface area is 170 Å². The van der Waals surface area contributed by atoms with Crippen molar-refractivity contribution >= 4 is 28.3 Å². The van der Waals surface area contributed by atoms with Gasteiger partial charge in [-0.15, -0.1) is 12.4 Å². The molecule has 26 heavy (non-hydrogen) atoms. The molecule has 2 aromatic rings. The lowest BCUT2D eigenvalue weighted by molar-refractivity contribution is 0.324. The van der Waals surface area contributed by atoms with Crippen LogP contribution < -0.4 is 19.5 Å². The molecule has 0 unspecified atom stereocenters. The number of hydrogen-bond donors (Lipinski definition) is 1. The van der Waals surface area contributed by atoms with Crippen molar-refractivity contribution in [3.8, 4) is 17.2 Å². The van der Waals surface area contributed by atoms with E-state index in [1.165, 1.54) is 5.56 Å². The summed E-state index contributed by atoms with van der Waals surface area (Å²) in [6, 6.07) is 12.2. The van der Waals surface area contributed by atoms with Crippen LogP contribution in [0.2, 0.25) is 0 Å². The summed E-state index contributed by atoms with van der Waals surface area (Å²) in [6.07, 6.45) is 2.67. The summed E-state index contributed by atoms with van der Waals surface area (Å²) < 4.78 is 17.1. The van der Waals surface area contributed by atoms with Gasteiger partial charge in [0.05, 0.1) is 18.7 Å². The topological polar surface area (TPSA) is 39.7 Å². The van der Waals surface area contributed by atoms with Gasteiger partial charge >= 0.3 is 0 Å². The van der Waals surface area contributed by atoms with Gasteiger partial charge in [0.1, 0.15) is 12.4 Å². The summed E-state index contributed by atoms with van der Waals surface area (Å²) in [7, 11) is 3.32. The molecule has 0 spiro atoms. The molecule has 142 valence electrons. The van der Waals surface area contributed by atoms with Gasteiger partial charge < -0.3 is 19.5 Å². The van der Waals surface area contributed by atoms with E-state index in [0.29, 0.717) is 18.1 Å². The molecule has 2 rings (SSSR count). The van der Waals surface area contributed by atoms with Crippen LogP contribution in [0.5, 0.6) is 17.2 Å². The third kappa shape index (κ3) is 6.56. The highest BCUT2D eigenvalue weighted by molar-refractivity contribution is 9.10. The van der Waals surface area contributed by atoms with Crippen LogP contribution in [-0.2, 0) is 13.0 Å². The second-order valence-electron chi connectivity index (χ2n) is 5.48. The molecule has 0 saturated carbocycles. The van der Waals surface area contributed by atoms with Crippen LogP contribution in [0.4, 0.5) is 0 Å². The second kappa shape index (κ2) is 11.8. The quantitative estimate of drug-likeness (QED) is 0.424. The molecule has 0 saturated heterocycles. The molecule has 0 amide bonds. The van der Waals surface area contributed by atoms with E-state index >= 15 is 0 Å². The van der Waals surface area contributed by atoms with Crippen LogP contribution in [0, 0.1) is 0 Å². The largest absolute Gasteiger partial charge is 0.497 e. The third-order valence-corrected chi connectivity index (χ3v) is 4.30. The molecule has 0 aliphatic rings. The number of ether oxygens (including phenoxy) is 3. The van der Waals surface area contributed by atoms with Gasteiger partial charge in [0.2, 0.25) is 0 Å². The molecule has 0 fully saturated rings. The average Bonchev–Trinajstić information content (AvgIpc) is 2.64. The number of hydrogen-bond acceptors (Lipinski definition) is 4. The van der Waals surface area contributed by atoms with Gasteiger partial charge in [-0.3, -0.25) is 0 Å². The molecule has 4 nitrogen and oxygen atoms in total. The molecule has 6 heteroatoms. The Kier molecular flexibility index (Phi) is 10.2. The molecule has 0 heterocycles. The van der Waals surface area contributed by atoms with Gasteiger partial charge in [-0.25, -0.2) is 0 Å². The Morgan fingerprint density at radius 2 is 1.81 bits per heavy atom. The minimum Gasteiger partial charge on any atom is -0.497 e. The lowest BCUT2D eigenvalue weighted by Crippen LogP contribution is -2.16. The van der Waals surface area contributed by atoms with E-state index in [9.17, 15) is 0 Å². The summed E-state index contributed by atoms with van der Waals surface area (Å²) in [4.78, 5) is 0. The van der Waals surface area contributed by atoms with E-state index in [1.54, 1.807) is 20.3 Å². The van der Waals surface area contributed by atoms with Crippen molar-refractivity contribution in [3.63, 3.8) is 0 Å². The zero-order valence-electron chi connectivity index (χ0n) is 15.1. The van der Waals surface area contributed by atoms with Crippen LogP contribution in [-0.4, -0.2) is 27.4 Å². The average molecular weight is 443 g/mol. The third-order valence-electron chi connectivity index (χ3n) is 3.71. The van der Waals surface area contributed by atoms with E-state index in [4.69, 9.17) is 14.2 Å². The highest BCUT2D eigenvalue weighted by Crippen LogP contribution is 2.36. The first-order valence-electron chi connectivity index (χ1n) is 8.11. The van der Waals surface area contributed by atoms with E-state index < -0.39 is 0 Å². The van der Waals surface area contributed by atoms with E-state index in [0.717, 1.165) is 35.3 Å². The van der Waals surface area contributed by atoms with Gasteiger partial charge in [0.15, 0.2) is 11.5 Å². The minimum atomic E-state index is 0. The zero-order valence-corrected chi connectivity index (χ0v) is 17.5. The van der Waals surface area contributed by atoms with Crippen LogP contribution in [0.3, 0.4) is 0 Å². The van der Waals surface area contributed by atoms with Crippen molar-refractivity contribution in [2.45, 2.75) is 13.0 Å². The number of nitrogens with one attached hydrogen (secondary N) is 1. The molecule has 1 N–H and O–H groups in total. The maximum Gasteiger partial charge on any atom is 0.175 e. The lowest BCUT2D eigenvalue weighted by Gasteiger charge is -2.14. The first kappa shape index (κ1) is 22.4. The standard InChI is InChI=1S/C20H24BrNO3.ClH/c1-4-11-25-20-18(21)12-16(13-19(20)24-3)14-22-10-9-15-5-7-17(23-2)8-6-15;/h4-8,12-13,22H,1,9-11,14H2,2-3H3;1H. The Morgan fingerprint density at radius 1 is 1.08 bits per heavy atom. The maximum atomic E-state index is 5.64. The fourth-order valence-corrected chi connectivity index (χ4v) is 3.02. The van der Waals surface area contributed by atoms with Gasteiger partial charge in [0, 0.05) is 6.54 Å². The number of benzene rings is 2. The van der Waals surface area contributed by atoms with Crippen LogP contribution in [0.25, 0.3) is 0 Å². The first-order chi connectivity index (χ1) is 12.2. The predicted molar refractivity (Wildman–Crippen MR) is 112 cm³/mol. The Hall–Kier alpha value is -1.69. The molecule has 0 radical (unpaired) electrons. The van der Waals surface area contributed by atoms with Crippen molar-refractivity contribution in [1.29, 1.82) is 0 Å². The fraction of sp³-hybridized carbons (Fsp3) is 0.300. The summed E-state index contributed by atoms with van der Waals surface area (Å²) in [6.45, 7) is 5.75. The first-order valence-corrected chi connectivity index (χ1v) is 8.91. The van der Waals surface area contributed by atoms with Crippen LogP contribution >= 0.6 is 28.3 Å². The van der Waals surface area contributed by atoms with Gasteiger partial charge in [-0.05, 0) is 64.3 Å². The highest BCUT2D eigenvalue weighted by atomic mass is 79.9. The zero-order chi connectivity index (χ0) is 18.1. The Bertz CT molecular complexity index is 692. The molecule has 0 bridgehead atoms. The molecule has 0 atom stereocenters. The molecular weight excluding hydrogens is 418 g/mol. The number of methoxy groups -OCH3 is 2. The molecule has 0 aromatic heterocycles. The van der Waals surface area contributed by atoms with Gasteiger partial charge in [-0.1, -0.05) is 24.8 Å². The van der Waals surface area contributed by atoms with Crippen molar-refractivity contribution in [1.82, 2.24) is 5.32 Å². The number of rotatable bonds is 10. The SMILES string of the molecule is C=CCOc1c(Br)cc(CNCCc2ccc(OC)cc2)cc1OC.Cl. The van der Waals surface area contributed by atoms with Crippen molar-refractivity contribution < 1.29 is 14.2 Å². The van der Waals surface area contributed by atoms with Gasteiger partial charge in [0.25, 0.3) is 0 Å². The van der Waals surface area contributed by atoms with Crippen molar-refractivity contribution in [2.75, 3.05) is 27.4 Å². The fourth-order valence-electron chi connectivity index (χ4n) is 2.42. The second-order valence-corrected chi connectivity index (χ2v) is 6.34. The van der Waals surface area contributed by atoms with E-state index in [1.807, 2.05) is 24.3 Å². The molecule has 2 aromatic carbocycles. The summed E-state index contributed by atoms with van der Waals surface area (Å²) in [5.74, 6) is 2.29. The monoisotopic (exact) mass is 441 g/mol. The molecular formula is C20H25BrClNO3. The van der Waals surface area contributed by atoms with E-state index in [2.05, 4.69) is 40.0 Å². The molecule has 0 aliphatic heterocycles. The summed E-state index contributed by atoms with van der Waals surface area (Å²) in [5, 5.41) is 3.46. The minimum absolute atomic E-state index is 0. The summed E-state index contributed by atoms with van der Waals surface area (Å²) >= 11 is 3.55. The maximum absolute atomic E-state index is 5.64.